The minimum atomic E-state index is -1.01. The molecule has 0 aromatic heterocycles. The van der Waals surface area contributed by atoms with Gasteiger partial charge in [0.05, 0.1) is 29.3 Å². The van der Waals surface area contributed by atoms with Crippen LogP contribution in [0.15, 0.2) is 60.2 Å². The van der Waals surface area contributed by atoms with Crippen molar-refractivity contribution in [3.05, 3.63) is 98.3 Å². The molecule has 1 unspecified atom stereocenters. The van der Waals surface area contributed by atoms with Gasteiger partial charge in [0, 0.05) is 10.7 Å². The number of amides is 1. The quantitative estimate of drug-likeness (QED) is 0.256. The van der Waals surface area contributed by atoms with Gasteiger partial charge in [0.2, 0.25) is 0 Å². The van der Waals surface area contributed by atoms with Gasteiger partial charge in [-0.15, -0.1) is 0 Å². The zero-order valence-electron chi connectivity index (χ0n) is 18.5. The molecule has 1 fully saturated rings. The monoisotopic (exact) mass is 499 g/mol. The van der Waals surface area contributed by atoms with Crippen LogP contribution in [0.25, 0.3) is 5.76 Å². The molecule has 1 atom stereocenters. The van der Waals surface area contributed by atoms with Crippen LogP contribution in [-0.4, -0.2) is 23.9 Å². The first-order valence-electron chi connectivity index (χ1n) is 10.3. The SMILES string of the molecule is COc1c(C)cc(C)cc1/C(O)=C1\C(=O)C(=O)N(c2ccc(F)c(Cl)c2)C1c1ccc(Cl)cc1. The molecule has 4 rings (SSSR count). The van der Waals surface area contributed by atoms with Crippen LogP contribution in [0, 0.1) is 19.7 Å². The molecule has 0 bridgehead atoms. The number of hydrogen-bond donors (Lipinski definition) is 1. The largest absolute Gasteiger partial charge is 0.507 e. The summed E-state index contributed by atoms with van der Waals surface area (Å²) in [6.07, 6.45) is 0. The first-order valence-corrected chi connectivity index (χ1v) is 11.1. The molecule has 1 amide bonds. The van der Waals surface area contributed by atoms with Crippen molar-refractivity contribution in [3.63, 3.8) is 0 Å². The maximum atomic E-state index is 13.8. The molecule has 1 saturated heterocycles. The lowest BCUT2D eigenvalue weighted by molar-refractivity contribution is -0.132. The van der Waals surface area contributed by atoms with Gasteiger partial charge in [-0.25, -0.2) is 4.39 Å². The smallest absolute Gasteiger partial charge is 0.300 e. The number of aliphatic hydroxyl groups is 1. The Balaban J connectivity index is 2.01. The zero-order valence-corrected chi connectivity index (χ0v) is 20.0. The van der Waals surface area contributed by atoms with Gasteiger partial charge < -0.3 is 9.84 Å². The number of hydrogen-bond acceptors (Lipinski definition) is 4. The van der Waals surface area contributed by atoms with Crippen molar-refractivity contribution >= 4 is 46.3 Å². The first-order chi connectivity index (χ1) is 16.1. The second kappa shape index (κ2) is 9.12. The molecular weight excluding hydrogens is 480 g/mol. The number of ether oxygens (including phenoxy) is 1. The number of anilines is 1. The average molecular weight is 500 g/mol. The van der Waals surface area contributed by atoms with Gasteiger partial charge in [-0.1, -0.05) is 41.4 Å². The molecule has 34 heavy (non-hydrogen) atoms. The fourth-order valence-corrected chi connectivity index (χ4v) is 4.54. The highest BCUT2D eigenvalue weighted by Gasteiger charge is 2.47. The van der Waals surface area contributed by atoms with Crippen molar-refractivity contribution in [2.75, 3.05) is 12.0 Å². The van der Waals surface area contributed by atoms with E-state index in [1.165, 1.54) is 24.1 Å². The van der Waals surface area contributed by atoms with E-state index in [-0.39, 0.29) is 27.6 Å². The van der Waals surface area contributed by atoms with Crippen LogP contribution in [-0.2, 0) is 9.59 Å². The molecule has 0 aliphatic carbocycles. The van der Waals surface area contributed by atoms with E-state index in [4.69, 9.17) is 27.9 Å². The van der Waals surface area contributed by atoms with Crippen molar-refractivity contribution < 1.29 is 23.8 Å². The molecule has 1 aliphatic heterocycles. The Hall–Kier alpha value is -3.35. The van der Waals surface area contributed by atoms with E-state index in [0.29, 0.717) is 16.3 Å². The lowest BCUT2D eigenvalue weighted by Gasteiger charge is -2.26. The fraction of sp³-hybridized carbons (Fsp3) is 0.154. The van der Waals surface area contributed by atoms with Crippen molar-refractivity contribution in [3.8, 4) is 5.75 Å². The van der Waals surface area contributed by atoms with Crippen molar-refractivity contribution in [1.82, 2.24) is 0 Å². The Morgan fingerprint density at radius 2 is 1.71 bits per heavy atom. The topological polar surface area (TPSA) is 66.8 Å². The van der Waals surface area contributed by atoms with Gasteiger partial charge in [0.1, 0.15) is 17.3 Å². The van der Waals surface area contributed by atoms with Crippen LogP contribution >= 0.6 is 23.2 Å². The second-order valence-electron chi connectivity index (χ2n) is 7.98. The van der Waals surface area contributed by atoms with E-state index in [1.54, 1.807) is 30.3 Å². The molecule has 0 saturated carbocycles. The van der Waals surface area contributed by atoms with Crippen LogP contribution in [0.5, 0.6) is 5.75 Å². The molecule has 1 N–H and O–H groups in total. The maximum Gasteiger partial charge on any atom is 0.300 e. The normalized spacial score (nSPS) is 17.4. The van der Waals surface area contributed by atoms with Gasteiger partial charge in [-0.05, 0) is 66.9 Å². The van der Waals surface area contributed by atoms with E-state index in [2.05, 4.69) is 0 Å². The standard InChI is InChI=1S/C26H20Cl2FNO4/c1-13-10-14(2)25(34-3)18(11-13)23(31)21-22(15-4-6-16(27)7-5-15)30(26(33)24(21)32)17-8-9-20(29)19(28)12-17/h4-12,22,31H,1-3H3/b23-21+. The summed E-state index contributed by atoms with van der Waals surface area (Å²) in [5.41, 5.74) is 2.48. The number of rotatable bonds is 4. The van der Waals surface area contributed by atoms with E-state index in [1.807, 2.05) is 19.9 Å². The minimum absolute atomic E-state index is 0.129. The summed E-state index contributed by atoms with van der Waals surface area (Å²) in [5, 5.41) is 11.7. The molecule has 0 spiro atoms. The number of Topliss-reactive ketones (excluding diaryl/α,β-unsaturated/α-hetero) is 1. The second-order valence-corrected chi connectivity index (χ2v) is 8.83. The van der Waals surface area contributed by atoms with Crippen molar-refractivity contribution in [2.24, 2.45) is 0 Å². The summed E-state index contributed by atoms with van der Waals surface area (Å²) >= 11 is 12.0. The molecule has 1 aliphatic rings. The molecule has 174 valence electrons. The van der Waals surface area contributed by atoms with Crippen LogP contribution in [0.2, 0.25) is 10.0 Å². The molecule has 0 radical (unpaired) electrons. The predicted molar refractivity (Wildman–Crippen MR) is 130 cm³/mol. The summed E-state index contributed by atoms with van der Waals surface area (Å²) in [6, 6.07) is 12.8. The predicted octanol–water partition coefficient (Wildman–Crippen LogP) is 6.38. The molecule has 3 aromatic rings. The van der Waals surface area contributed by atoms with E-state index in [9.17, 15) is 19.1 Å². The molecule has 1 heterocycles. The number of aliphatic hydroxyl groups excluding tert-OH is 1. The highest BCUT2D eigenvalue weighted by molar-refractivity contribution is 6.52. The first kappa shape index (κ1) is 23.8. The van der Waals surface area contributed by atoms with Crippen LogP contribution in [0.1, 0.15) is 28.3 Å². The number of nitrogens with zero attached hydrogens (tertiary/aromatic N) is 1. The Bertz CT molecular complexity index is 1350. The number of ketones is 1. The Morgan fingerprint density at radius 1 is 1.03 bits per heavy atom. The third-order valence-corrected chi connectivity index (χ3v) is 6.23. The van der Waals surface area contributed by atoms with Gasteiger partial charge in [-0.3, -0.25) is 14.5 Å². The summed E-state index contributed by atoms with van der Waals surface area (Å²) < 4.78 is 19.3. The van der Waals surface area contributed by atoms with Crippen molar-refractivity contribution in [2.45, 2.75) is 19.9 Å². The fourth-order valence-electron chi connectivity index (χ4n) is 4.24. The lowest BCUT2D eigenvalue weighted by atomic mass is 9.93. The van der Waals surface area contributed by atoms with Gasteiger partial charge in [0.15, 0.2) is 0 Å². The van der Waals surface area contributed by atoms with Gasteiger partial charge in [0.25, 0.3) is 11.7 Å². The zero-order chi connectivity index (χ0) is 24.7. The maximum absolute atomic E-state index is 13.8. The van der Waals surface area contributed by atoms with Crippen molar-refractivity contribution in [1.29, 1.82) is 0 Å². The number of carbonyl (C=O) groups excluding carboxylic acids is 2. The van der Waals surface area contributed by atoms with Gasteiger partial charge >= 0.3 is 0 Å². The third kappa shape index (κ3) is 4.04. The summed E-state index contributed by atoms with van der Waals surface area (Å²) in [7, 11) is 1.46. The summed E-state index contributed by atoms with van der Waals surface area (Å²) in [4.78, 5) is 27.7. The lowest BCUT2D eigenvalue weighted by Crippen LogP contribution is -2.29. The molecule has 8 heteroatoms. The third-order valence-electron chi connectivity index (χ3n) is 5.69. The van der Waals surface area contributed by atoms with E-state index in [0.717, 1.165) is 17.2 Å². The minimum Gasteiger partial charge on any atom is -0.507 e. The molecule has 5 nitrogen and oxygen atoms in total. The number of carbonyl (C=O) groups is 2. The summed E-state index contributed by atoms with van der Waals surface area (Å²) in [6.45, 7) is 3.66. The van der Waals surface area contributed by atoms with E-state index < -0.39 is 23.5 Å². The van der Waals surface area contributed by atoms with Gasteiger partial charge in [-0.2, -0.15) is 0 Å². The van der Waals surface area contributed by atoms with Crippen LogP contribution in [0.3, 0.4) is 0 Å². The van der Waals surface area contributed by atoms with Crippen LogP contribution in [0.4, 0.5) is 10.1 Å². The highest BCUT2D eigenvalue weighted by Crippen LogP contribution is 2.44. The number of halogens is 3. The Kier molecular flexibility index (Phi) is 6.39. The highest BCUT2D eigenvalue weighted by atomic mass is 35.5. The van der Waals surface area contributed by atoms with Crippen LogP contribution < -0.4 is 9.64 Å². The average Bonchev–Trinajstić information content (AvgIpc) is 3.06. The van der Waals surface area contributed by atoms with E-state index >= 15 is 0 Å². The number of methoxy groups -OCH3 is 1. The summed E-state index contributed by atoms with van der Waals surface area (Å²) in [5.74, 6) is -2.43. The molecular formula is C26H20Cl2FNO4. The Labute approximate surface area is 206 Å². The number of aryl methyl sites for hydroxylation is 2. The number of benzene rings is 3. The Morgan fingerprint density at radius 3 is 2.32 bits per heavy atom. The molecule has 3 aromatic carbocycles.